The van der Waals surface area contributed by atoms with Crippen LogP contribution in [-0.2, 0) is 16.1 Å². The molecule has 0 heterocycles. The van der Waals surface area contributed by atoms with Crippen molar-refractivity contribution >= 4 is 11.9 Å². The lowest BCUT2D eigenvalue weighted by atomic mass is 10.2. The van der Waals surface area contributed by atoms with Gasteiger partial charge < -0.3 is 10.1 Å². The lowest BCUT2D eigenvalue weighted by Gasteiger charge is -2.19. The van der Waals surface area contributed by atoms with Crippen LogP contribution < -0.4 is 10.6 Å². The molecule has 0 aliphatic rings. The molecule has 0 saturated carbocycles. The molecule has 1 rings (SSSR count). The van der Waals surface area contributed by atoms with E-state index in [-0.39, 0.29) is 12.4 Å². The van der Waals surface area contributed by atoms with Crippen molar-refractivity contribution in [3.63, 3.8) is 0 Å². The highest BCUT2D eigenvalue weighted by molar-refractivity contribution is 5.95. The summed E-state index contributed by atoms with van der Waals surface area (Å²) in [7, 11) is 1.52. The molecule has 0 aliphatic carbocycles. The number of likely N-dealkylation sites (N-methyl/N-ethyl adjacent to an activating group) is 1. The van der Waals surface area contributed by atoms with E-state index in [9.17, 15) is 14.0 Å². The number of rotatable bonds is 8. The number of hydrogen-bond donors (Lipinski definition) is 2. The lowest BCUT2D eigenvalue weighted by Crippen LogP contribution is -2.45. The van der Waals surface area contributed by atoms with Crippen LogP contribution in [0.1, 0.15) is 12.5 Å². The van der Waals surface area contributed by atoms with Crippen LogP contribution in [0.4, 0.5) is 9.18 Å². The highest BCUT2D eigenvalue weighted by atomic mass is 19.1. The van der Waals surface area contributed by atoms with Crippen molar-refractivity contribution in [3.8, 4) is 0 Å². The molecule has 0 unspecified atom stereocenters. The number of ether oxygens (including phenoxy) is 1. The quantitative estimate of drug-likeness (QED) is 0.706. The standard InChI is InChI=1S/C15H22FN3O3/c1-3-19(10-12-5-4-6-13(16)9-12)11-14(20)18-15(21)17-7-8-22-2/h4-6,9H,3,7-8,10-11H2,1-2H3,(H2,17,18,20,21). The first kappa shape index (κ1) is 18.1. The van der Waals surface area contributed by atoms with Crippen LogP contribution in [0.15, 0.2) is 24.3 Å². The molecular weight excluding hydrogens is 289 g/mol. The number of carbonyl (C=O) groups is 2. The summed E-state index contributed by atoms with van der Waals surface area (Å²) in [6.07, 6.45) is 0. The molecular formula is C15H22FN3O3. The number of benzene rings is 1. The third-order valence-electron chi connectivity index (χ3n) is 2.95. The largest absolute Gasteiger partial charge is 0.383 e. The second-order valence-electron chi connectivity index (χ2n) is 4.73. The number of urea groups is 1. The Morgan fingerprint density at radius 2 is 2.14 bits per heavy atom. The molecule has 1 aromatic carbocycles. The SMILES string of the molecule is CCN(CC(=O)NC(=O)NCCOC)Cc1cccc(F)c1. The summed E-state index contributed by atoms with van der Waals surface area (Å²) in [5.41, 5.74) is 0.777. The van der Waals surface area contributed by atoms with Gasteiger partial charge in [0.25, 0.3) is 0 Å². The third kappa shape index (κ3) is 7.14. The van der Waals surface area contributed by atoms with Gasteiger partial charge in [0.05, 0.1) is 13.2 Å². The number of hydrogen-bond acceptors (Lipinski definition) is 4. The maximum atomic E-state index is 13.1. The Kier molecular flexibility index (Phi) is 8.09. The number of amides is 3. The maximum absolute atomic E-state index is 13.1. The highest BCUT2D eigenvalue weighted by Gasteiger charge is 2.12. The van der Waals surface area contributed by atoms with E-state index < -0.39 is 11.9 Å². The van der Waals surface area contributed by atoms with Gasteiger partial charge in [-0.15, -0.1) is 0 Å². The number of methoxy groups -OCH3 is 1. The minimum Gasteiger partial charge on any atom is -0.383 e. The van der Waals surface area contributed by atoms with E-state index in [1.54, 1.807) is 12.1 Å². The van der Waals surface area contributed by atoms with Gasteiger partial charge in [-0.25, -0.2) is 9.18 Å². The normalized spacial score (nSPS) is 10.5. The van der Waals surface area contributed by atoms with E-state index in [0.29, 0.717) is 26.2 Å². The molecule has 7 heteroatoms. The van der Waals surface area contributed by atoms with Crippen LogP contribution in [0.25, 0.3) is 0 Å². The Morgan fingerprint density at radius 1 is 1.36 bits per heavy atom. The van der Waals surface area contributed by atoms with Crippen molar-refractivity contribution in [2.45, 2.75) is 13.5 Å². The molecule has 1 aromatic rings. The van der Waals surface area contributed by atoms with Crippen molar-refractivity contribution in [1.82, 2.24) is 15.5 Å². The summed E-state index contributed by atoms with van der Waals surface area (Å²) >= 11 is 0. The second kappa shape index (κ2) is 9.86. The summed E-state index contributed by atoms with van der Waals surface area (Å²) < 4.78 is 17.9. The predicted octanol–water partition coefficient (Wildman–Crippen LogP) is 1.12. The molecule has 3 amide bonds. The first-order valence-corrected chi connectivity index (χ1v) is 7.08. The fourth-order valence-corrected chi connectivity index (χ4v) is 1.85. The van der Waals surface area contributed by atoms with Crippen molar-refractivity contribution in [3.05, 3.63) is 35.6 Å². The van der Waals surface area contributed by atoms with E-state index in [2.05, 4.69) is 10.6 Å². The van der Waals surface area contributed by atoms with E-state index >= 15 is 0 Å². The Bertz CT molecular complexity index is 497. The van der Waals surface area contributed by atoms with E-state index in [1.807, 2.05) is 11.8 Å². The minimum atomic E-state index is -0.552. The number of halogens is 1. The Labute approximate surface area is 129 Å². The van der Waals surface area contributed by atoms with Crippen molar-refractivity contribution in [2.75, 3.05) is 33.4 Å². The molecule has 0 spiro atoms. The summed E-state index contributed by atoms with van der Waals surface area (Å²) in [4.78, 5) is 25.0. The number of nitrogens with one attached hydrogen (secondary N) is 2. The van der Waals surface area contributed by atoms with Crippen molar-refractivity contribution < 1.29 is 18.7 Å². The summed E-state index contributed by atoms with van der Waals surface area (Å²) in [5.74, 6) is -0.719. The fraction of sp³-hybridized carbons (Fsp3) is 0.467. The zero-order valence-corrected chi connectivity index (χ0v) is 12.9. The molecule has 0 fully saturated rings. The van der Waals surface area contributed by atoms with Gasteiger partial charge in [0.15, 0.2) is 0 Å². The summed E-state index contributed by atoms with van der Waals surface area (Å²) in [6.45, 7) is 3.71. The number of nitrogens with zero attached hydrogens (tertiary/aromatic N) is 1. The summed E-state index contributed by atoms with van der Waals surface area (Å²) in [6, 6.07) is 5.67. The Morgan fingerprint density at radius 3 is 2.77 bits per heavy atom. The molecule has 22 heavy (non-hydrogen) atoms. The van der Waals surface area contributed by atoms with Gasteiger partial charge in [-0.05, 0) is 24.2 Å². The predicted molar refractivity (Wildman–Crippen MR) is 80.8 cm³/mol. The second-order valence-corrected chi connectivity index (χ2v) is 4.73. The van der Waals surface area contributed by atoms with Crippen LogP contribution in [0.5, 0.6) is 0 Å². The lowest BCUT2D eigenvalue weighted by molar-refractivity contribution is -0.121. The number of carbonyl (C=O) groups excluding carboxylic acids is 2. The van der Waals surface area contributed by atoms with Gasteiger partial charge in [-0.3, -0.25) is 15.0 Å². The van der Waals surface area contributed by atoms with E-state index in [4.69, 9.17) is 4.74 Å². The molecule has 0 saturated heterocycles. The highest BCUT2D eigenvalue weighted by Crippen LogP contribution is 2.06. The van der Waals surface area contributed by atoms with Gasteiger partial charge in [0.2, 0.25) is 5.91 Å². The number of imide groups is 1. The van der Waals surface area contributed by atoms with Gasteiger partial charge in [0.1, 0.15) is 5.82 Å². The molecule has 122 valence electrons. The first-order valence-electron chi connectivity index (χ1n) is 7.08. The molecule has 0 atom stereocenters. The monoisotopic (exact) mass is 311 g/mol. The molecule has 0 radical (unpaired) electrons. The third-order valence-corrected chi connectivity index (χ3v) is 2.95. The van der Waals surface area contributed by atoms with Crippen LogP contribution in [-0.4, -0.2) is 50.2 Å². The van der Waals surface area contributed by atoms with E-state index in [1.165, 1.54) is 19.2 Å². The summed E-state index contributed by atoms with van der Waals surface area (Å²) in [5, 5.41) is 4.74. The van der Waals surface area contributed by atoms with E-state index in [0.717, 1.165) is 5.56 Å². The topological polar surface area (TPSA) is 70.7 Å². The average Bonchev–Trinajstić information content (AvgIpc) is 2.46. The Balaban J connectivity index is 2.41. The minimum absolute atomic E-state index is 0.0602. The molecule has 0 bridgehead atoms. The zero-order valence-electron chi connectivity index (χ0n) is 12.9. The smallest absolute Gasteiger partial charge is 0.321 e. The molecule has 0 aliphatic heterocycles. The van der Waals surface area contributed by atoms with Gasteiger partial charge in [-0.2, -0.15) is 0 Å². The average molecular weight is 311 g/mol. The van der Waals surface area contributed by atoms with Gasteiger partial charge in [0, 0.05) is 20.2 Å². The van der Waals surface area contributed by atoms with Crippen LogP contribution in [0.3, 0.4) is 0 Å². The molecule has 6 nitrogen and oxygen atoms in total. The van der Waals surface area contributed by atoms with Gasteiger partial charge >= 0.3 is 6.03 Å². The fourth-order valence-electron chi connectivity index (χ4n) is 1.85. The van der Waals surface area contributed by atoms with Crippen LogP contribution in [0, 0.1) is 5.82 Å². The maximum Gasteiger partial charge on any atom is 0.321 e. The Hall–Kier alpha value is -1.99. The van der Waals surface area contributed by atoms with Crippen LogP contribution in [0.2, 0.25) is 0 Å². The van der Waals surface area contributed by atoms with Crippen LogP contribution >= 0.6 is 0 Å². The van der Waals surface area contributed by atoms with Gasteiger partial charge in [-0.1, -0.05) is 19.1 Å². The molecule has 2 N–H and O–H groups in total. The first-order chi connectivity index (χ1) is 10.5. The zero-order chi connectivity index (χ0) is 16.4. The molecule has 0 aromatic heterocycles. The van der Waals surface area contributed by atoms with Crippen molar-refractivity contribution in [1.29, 1.82) is 0 Å². The van der Waals surface area contributed by atoms with Crippen molar-refractivity contribution in [2.24, 2.45) is 0 Å².